The molecule has 0 spiro atoms. The minimum Gasteiger partial charge on any atom is -0.468 e. The first-order valence-corrected chi connectivity index (χ1v) is 8.39. The van der Waals surface area contributed by atoms with Crippen molar-refractivity contribution in [1.29, 1.82) is 0 Å². The summed E-state index contributed by atoms with van der Waals surface area (Å²) in [5, 5.41) is 0. The van der Waals surface area contributed by atoms with E-state index in [4.69, 9.17) is 0 Å². The zero-order chi connectivity index (χ0) is 17.3. The molecule has 23 heavy (non-hydrogen) atoms. The lowest BCUT2D eigenvalue weighted by Gasteiger charge is -2.32. The predicted molar refractivity (Wildman–Crippen MR) is 75.0 cm³/mol. The number of carbonyl (C=O) groups excluding carboxylic acids is 1. The zero-order valence-corrected chi connectivity index (χ0v) is 13.2. The molecule has 1 heterocycles. The average Bonchev–Trinajstić information content (AvgIpc) is 2.53. The van der Waals surface area contributed by atoms with Crippen molar-refractivity contribution in [3.8, 4) is 0 Å². The Labute approximate surface area is 132 Å². The number of nitrogens with zero attached hydrogens (tertiary/aromatic N) is 1. The summed E-state index contributed by atoms with van der Waals surface area (Å²) in [4.78, 5) is 11.5. The van der Waals surface area contributed by atoms with Crippen LogP contribution in [0.1, 0.15) is 24.8 Å². The molecule has 2 rings (SSSR count). The third-order valence-corrected chi connectivity index (χ3v) is 5.64. The van der Waals surface area contributed by atoms with Crippen molar-refractivity contribution < 1.29 is 31.1 Å². The highest BCUT2D eigenvalue weighted by Gasteiger charge is 2.38. The van der Waals surface area contributed by atoms with Crippen LogP contribution in [-0.4, -0.2) is 38.4 Å². The van der Waals surface area contributed by atoms with Gasteiger partial charge in [0.2, 0.25) is 10.0 Å². The smallest absolute Gasteiger partial charge is 0.416 e. The zero-order valence-electron chi connectivity index (χ0n) is 12.3. The second-order valence-electron chi connectivity index (χ2n) is 5.17. The molecule has 9 heteroatoms. The van der Waals surface area contributed by atoms with Gasteiger partial charge in [-0.1, -0.05) is 0 Å². The number of alkyl halides is 3. The molecule has 0 aromatic heterocycles. The lowest BCUT2D eigenvalue weighted by Crippen LogP contribution is -2.48. The summed E-state index contributed by atoms with van der Waals surface area (Å²) in [6.45, 7) is 0.128. The summed E-state index contributed by atoms with van der Waals surface area (Å²) in [6, 6.07) is 2.29. The number of piperidine rings is 1. The van der Waals surface area contributed by atoms with Crippen molar-refractivity contribution in [3.63, 3.8) is 0 Å². The number of ether oxygens (including phenoxy) is 1. The summed E-state index contributed by atoms with van der Waals surface area (Å²) in [6.07, 6.45) is -2.96. The molecule has 1 saturated heterocycles. The molecule has 0 amide bonds. The molecule has 1 aliphatic heterocycles. The standard InChI is InChI=1S/C14H16F3NO4S/c1-22-13(19)12-4-2-3-9-18(12)23(20,21)11-7-5-10(6-8-11)14(15,16)17/h5-8,12H,2-4,9H2,1H3/t12-/m0/s1. The summed E-state index contributed by atoms with van der Waals surface area (Å²) >= 11 is 0. The van der Waals surface area contributed by atoms with Crippen LogP contribution in [0.4, 0.5) is 13.2 Å². The monoisotopic (exact) mass is 351 g/mol. The number of esters is 1. The van der Waals surface area contributed by atoms with Gasteiger partial charge in [-0.2, -0.15) is 17.5 Å². The molecule has 1 aromatic rings. The van der Waals surface area contributed by atoms with Crippen molar-refractivity contribution in [3.05, 3.63) is 29.8 Å². The Morgan fingerprint density at radius 2 is 1.83 bits per heavy atom. The quantitative estimate of drug-likeness (QED) is 0.785. The minimum absolute atomic E-state index is 0.128. The molecule has 1 aliphatic rings. The Morgan fingerprint density at radius 1 is 1.22 bits per heavy atom. The van der Waals surface area contributed by atoms with Crippen LogP contribution in [0.15, 0.2) is 29.2 Å². The maximum Gasteiger partial charge on any atom is 0.416 e. The number of hydrogen-bond donors (Lipinski definition) is 0. The fourth-order valence-electron chi connectivity index (χ4n) is 2.52. The van der Waals surface area contributed by atoms with Crippen LogP contribution in [-0.2, 0) is 25.7 Å². The summed E-state index contributed by atoms with van der Waals surface area (Å²) in [7, 11) is -2.90. The third kappa shape index (κ3) is 3.66. The highest BCUT2D eigenvalue weighted by molar-refractivity contribution is 7.89. The number of hydrogen-bond acceptors (Lipinski definition) is 4. The molecular weight excluding hydrogens is 335 g/mol. The molecule has 1 atom stereocenters. The molecule has 0 unspecified atom stereocenters. The molecule has 1 aromatic carbocycles. The van der Waals surface area contributed by atoms with E-state index in [1.165, 1.54) is 7.11 Å². The van der Waals surface area contributed by atoms with Gasteiger partial charge in [-0.25, -0.2) is 8.42 Å². The summed E-state index contributed by atoms with van der Waals surface area (Å²) in [5.41, 5.74) is -0.931. The Bertz CT molecular complexity index is 670. The van der Waals surface area contributed by atoms with E-state index in [1.807, 2.05) is 0 Å². The topological polar surface area (TPSA) is 63.7 Å². The number of halogens is 3. The largest absolute Gasteiger partial charge is 0.468 e. The van der Waals surface area contributed by atoms with E-state index >= 15 is 0 Å². The van der Waals surface area contributed by atoms with Gasteiger partial charge in [0, 0.05) is 6.54 Å². The van der Waals surface area contributed by atoms with Gasteiger partial charge >= 0.3 is 12.1 Å². The molecular formula is C14H16F3NO4S. The average molecular weight is 351 g/mol. The minimum atomic E-state index is -4.54. The van der Waals surface area contributed by atoms with Crippen molar-refractivity contribution in [2.45, 2.75) is 36.4 Å². The second-order valence-corrected chi connectivity index (χ2v) is 7.06. The van der Waals surface area contributed by atoms with Crippen molar-refractivity contribution in [2.75, 3.05) is 13.7 Å². The molecule has 0 aliphatic carbocycles. The van der Waals surface area contributed by atoms with Crippen LogP contribution in [0.5, 0.6) is 0 Å². The second kappa shape index (κ2) is 6.48. The molecule has 0 saturated carbocycles. The lowest BCUT2D eigenvalue weighted by atomic mass is 10.1. The first kappa shape index (κ1) is 17.7. The first-order valence-electron chi connectivity index (χ1n) is 6.95. The SMILES string of the molecule is COC(=O)[C@@H]1CCCCN1S(=O)(=O)c1ccc(C(F)(F)F)cc1. The maximum absolute atomic E-state index is 12.6. The molecule has 0 N–H and O–H groups in total. The van der Waals surface area contributed by atoms with Crippen molar-refractivity contribution in [2.24, 2.45) is 0 Å². The molecule has 0 bridgehead atoms. The normalized spacial score (nSPS) is 20.3. The van der Waals surface area contributed by atoms with E-state index in [0.29, 0.717) is 31.4 Å². The first-order chi connectivity index (χ1) is 10.7. The molecule has 128 valence electrons. The van der Waals surface area contributed by atoms with E-state index in [2.05, 4.69) is 4.74 Å². The number of carbonyl (C=O) groups is 1. The van der Waals surface area contributed by atoms with Gasteiger partial charge in [-0.15, -0.1) is 0 Å². The number of methoxy groups -OCH3 is 1. The van der Waals surface area contributed by atoms with E-state index in [0.717, 1.165) is 16.4 Å². The fraction of sp³-hybridized carbons (Fsp3) is 0.500. The van der Waals surface area contributed by atoms with E-state index in [-0.39, 0.29) is 11.4 Å². The number of sulfonamides is 1. The Hall–Kier alpha value is -1.61. The van der Waals surface area contributed by atoms with Gasteiger partial charge in [0.05, 0.1) is 17.6 Å². The van der Waals surface area contributed by atoms with Crippen molar-refractivity contribution in [1.82, 2.24) is 4.31 Å². The van der Waals surface area contributed by atoms with Crippen LogP contribution < -0.4 is 0 Å². The van der Waals surface area contributed by atoms with Gasteiger partial charge < -0.3 is 4.74 Å². The maximum atomic E-state index is 12.6. The summed E-state index contributed by atoms with van der Waals surface area (Å²) < 4.78 is 68.5. The number of benzene rings is 1. The fourth-order valence-corrected chi connectivity index (χ4v) is 4.16. The van der Waals surface area contributed by atoms with E-state index < -0.39 is 33.8 Å². The van der Waals surface area contributed by atoms with Gasteiger partial charge in [0.1, 0.15) is 6.04 Å². The van der Waals surface area contributed by atoms with Gasteiger partial charge in [-0.3, -0.25) is 4.79 Å². The number of rotatable bonds is 3. The Balaban J connectivity index is 2.34. The van der Waals surface area contributed by atoms with Crippen LogP contribution in [0.25, 0.3) is 0 Å². The highest BCUT2D eigenvalue weighted by Crippen LogP contribution is 2.31. The van der Waals surface area contributed by atoms with E-state index in [9.17, 15) is 26.4 Å². The Morgan fingerprint density at radius 3 is 2.35 bits per heavy atom. The van der Waals surface area contributed by atoms with Crippen molar-refractivity contribution >= 4 is 16.0 Å². The van der Waals surface area contributed by atoms with Gasteiger partial charge in [0.25, 0.3) is 0 Å². The van der Waals surface area contributed by atoms with Crippen LogP contribution in [0.2, 0.25) is 0 Å². The third-order valence-electron chi connectivity index (χ3n) is 3.72. The highest BCUT2D eigenvalue weighted by atomic mass is 32.2. The lowest BCUT2D eigenvalue weighted by molar-refractivity contribution is -0.146. The van der Waals surface area contributed by atoms with Crippen LogP contribution in [0, 0.1) is 0 Å². The Kier molecular flexibility index (Phi) is 5.00. The molecule has 5 nitrogen and oxygen atoms in total. The molecule has 0 radical (unpaired) electrons. The summed E-state index contributed by atoms with van der Waals surface area (Å²) in [5.74, 6) is -0.666. The van der Waals surface area contributed by atoms with Crippen LogP contribution in [0.3, 0.4) is 0 Å². The predicted octanol–water partition coefficient (Wildman–Crippen LogP) is 2.42. The van der Waals surface area contributed by atoms with Crippen LogP contribution >= 0.6 is 0 Å². The van der Waals surface area contributed by atoms with Gasteiger partial charge in [0.15, 0.2) is 0 Å². The van der Waals surface area contributed by atoms with Gasteiger partial charge in [-0.05, 0) is 43.5 Å². The van der Waals surface area contributed by atoms with E-state index in [1.54, 1.807) is 0 Å². The molecule has 1 fully saturated rings.